The van der Waals surface area contributed by atoms with Gasteiger partial charge in [0.05, 0.1) is 21.2 Å². The summed E-state index contributed by atoms with van der Waals surface area (Å²) in [5, 5.41) is 1.42. The van der Waals surface area contributed by atoms with Crippen molar-refractivity contribution in [3.63, 3.8) is 0 Å². The number of thiophene rings is 1. The van der Waals surface area contributed by atoms with Crippen LogP contribution in [0.2, 0.25) is 0 Å². The maximum Gasteiger partial charge on any atom is 0.259 e. The number of amides is 1. The van der Waals surface area contributed by atoms with Crippen molar-refractivity contribution in [2.45, 2.75) is 43.9 Å². The Labute approximate surface area is 171 Å². The molecule has 146 valence electrons. The first-order valence-corrected chi connectivity index (χ1v) is 11.1. The molecule has 1 fully saturated rings. The number of H-pyrrole nitrogens is 1. The van der Waals surface area contributed by atoms with E-state index in [1.54, 1.807) is 17.5 Å². The number of rotatable bonds is 4. The van der Waals surface area contributed by atoms with Gasteiger partial charge in [0.1, 0.15) is 10.7 Å². The van der Waals surface area contributed by atoms with Gasteiger partial charge in [0, 0.05) is 24.2 Å². The first-order valence-electron chi connectivity index (χ1n) is 9.36. The summed E-state index contributed by atoms with van der Waals surface area (Å²) in [7, 11) is 0. The highest BCUT2D eigenvalue weighted by atomic mass is 32.2. The van der Waals surface area contributed by atoms with E-state index < -0.39 is 0 Å². The minimum atomic E-state index is -0.0891. The summed E-state index contributed by atoms with van der Waals surface area (Å²) in [6.45, 7) is 7.61. The fourth-order valence-electron chi connectivity index (χ4n) is 3.38. The van der Waals surface area contributed by atoms with E-state index in [0.29, 0.717) is 16.8 Å². The molecule has 1 aliphatic heterocycles. The summed E-state index contributed by atoms with van der Waals surface area (Å²) in [6.07, 6.45) is 3.79. The second kappa shape index (κ2) is 7.67. The van der Waals surface area contributed by atoms with Gasteiger partial charge in [0.15, 0.2) is 0 Å². The second-order valence-electron chi connectivity index (χ2n) is 7.06. The summed E-state index contributed by atoms with van der Waals surface area (Å²) in [5.41, 5.74) is 1.53. The number of hydrogen-bond acceptors (Lipinski definition) is 6. The standard InChI is InChI=1S/C20H22N4O2S2/c1-11-12(2)28-19-16(11)18(25)22-17(23-19)13(3)27-15-7-6-14(10-21-15)20(26)24-8-4-5-9-24/h6-7,10,13H,4-5,8-9H2,1-3H3,(H,22,23,25). The summed E-state index contributed by atoms with van der Waals surface area (Å²) >= 11 is 3.06. The first kappa shape index (κ1) is 19.1. The van der Waals surface area contributed by atoms with Gasteiger partial charge in [0.2, 0.25) is 0 Å². The van der Waals surface area contributed by atoms with Crippen LogP contribution in [0.5, 0.6) is 0 Å². The molecule has 0 bridgehead atoms. The molecule has 1 amide bonds. The number of likely N-dealkylation sites (tertiary alicyclic amines) is 1. The molecule has 0 saturated carbocycles. The lowest BCUT2D eigenvalue weighted by molar-refractivity contribution is 0.0792. The topological polar surface area (TPSA) is 79.0 Å². The van der Waals surface area contributed by atoms with Crippen LogP contribution in [0.15, 0.2) is 28.2 Å². The third kappa shape index (κ3) is 3.58. The van der Waals surface area contributed by atoms with Gasteiger partial charge >= 0.3 is 0 Å². The molecule has 3 aromatic rings. The second-order valence-corrected chi connectivity index (χ2v) is 9.62. The van der Waals surface area contributed by atoms with Crippen LogP contribution in [0, 0.1) is 13.8 Å². The molecular formula is C20H22N4O2S2. The van der Waals surface area contributed by atoms with Crippen molar-refractivity contribution in [3.8, 4) is 0 Å². The van der Waals surface area contributed by atoms with E-state index in [1.165, 1.54) is 11.8 Å². The van der Waals surface area contributed by atoms with Crippen molar-refractivity contribution in [3.05, 3.63) is 50.5 Å². The molecule has 1 unspecified atom stereocenters. The molecule has 1 atom stereocenters. The average molecular weight is 415 g/mol. The Kier molecular flexibility index (Phi) is 5.25. The quantitative estimate of drug-likeness (QED) is 0.651. The fraction of sp³-hybridized carbons (Fsp3) is 0.400. The van der Waals surface area contributed by atoms with E-state index in [0.717, 1.165) is 46.2 Å². The highest BCUT2D eigenvalue weighted by molar-refractivity contribution is 7.99. The van der Waals surface area contributed by atoms with E-state index in [2.05, 4.69) is 15.0 Å². The highest BCUT2D eigenvalue weighted by Gasteiger charge is 2.20. The van der Waals surface area contributed by atoms with Gasteiger partial charge < -0.3 is 9.88 Å². The van der Waals surface area contributed by atoms with Crippen LogP contribution in [0.3, 0.4) is 0 Å². The molecule has 4 heterocycles. The number of carbonyl (C=O) groups is 1. The third-order valence-electron chi connectivity index (χ3n) is 5.12. The lowest BCUT2D eigenvalue weighted by atomic mass is 10.2. The van der Waals surface area contributed by atoms with Crippen LogP contribution in [0.1, 0.15) is 51.6 Å². The molecule has 8 heteroatoms. The third-order valence-corrected chi connectivity index (χ3v) is 7.28. The molecule has 0 aromatic carbocycles. The van der Waals surface area contributed by atoms with Gasteiger partial charge in [-0.15, -0.1) is 11.3 Å². The number of aromatic nitrogens is 3. The van der Waals surface area contributed by atoms with Gasteiger partial charge in [-0.2, -0.15) is 0 Å². The number of nitrogens with one attached hydrogen (secondary N) is 1. The molecule has 4 rings (SSSR count). The van der Waals surface area contributed by atoms with Crippen molar-refractivity contribution < 1.29 is 4.79 Å². The molecule has 0 spiro atoms. The lowest BCUT2D eigenvalue weighted by Crippen LogP contribution is -2.27. The monoisotopic (exact) mass is 414 g/mol. The van der Waals surface area contributed by atoms with Crippen molar-refractivity contribution in [1.29, 1.82) is 0 Å². The number of pyridine rings is 1. The van der Waals surface area contributed by atoms with Crippen molar-refractivity contribution in [1.82, 2.24) is 19.9 Å². The van der Waals surface area contributed by atoms with E-state index >= 15 is 0 Å². The van der Waals surface area contributed by atoms with Gasteiger partial charge in [-0.05, 0) is 51.3 Å². The molecule has 1 aliphatic rings. The smallest absolute Gasteiger partial charge is 0.259 e. The van der Waals surface area contributed by atoms with Crippen LogP contribution in [0.25, 0.3) is 10.2 Å². The van der Waals surface area contributed by atoms with Crippen LogP contribution >= 0.6 is 23.1 Å². The number of aromatic amines is 1. The Balaban J connectivity index is 1.52. The molecule has 1 saturated heterocycles. The Morgan fingerprint density at radius 1 is 1.29 bits per heavy atom. The summed E-state index contributed by atoms with van der Waals surface area (Å²) in [6, 6.07) is 3.69. The maximum atomic E-state index is 12.5. The average Bonchev–Trinajstić information content (AvgIpc) is 3.31. The highest BCUT2D eigenvalue weighted by Crippen LogP contribution is 2.33. The van der Waals surface area contributed by atoms with Crippen molar-refractivity contribution in [2.75, 3.05) is 13.1 Å². The molecule has 0 radical (unpaired) electrons. The molecule has 0 aliphatic carbocycles. The van der Waals surface area contributed by atoms with E-state index in [4.69, 9.17) is 0 Å². The van der Waals surface area contributed by atoms with Crippen LogP contribution < -0.4 is 5.56 Å². The Bertz CT molecular complexity index is 1080. The Morgan fingerprint density at radius 2 is 2.04 bits per heavy atom. The van der Waals surface area contributed by atoms with Gasteiger partial charge in [-0.1, -0.05) is 11.8 Å². The zero-order valence-corrected chi connectivity index (χ0v) is 17.7. The van der Waals surface area contributed by atoms with Gasteiger partial charge in [0.25, 0.3) is 11.5 Å². The summed E-state index contributed by atoms with van der Waals surface area (Å²) < 4.78 is 0. The largest absolute Gasteiger partial charge is 0.339 e. The number of thioether (sulfide) groups is 1. The number of fused-ring (bicyclic) bond motifs is 1. The van der Waals surface area contributed by atoms with Gasteiger partial charge in [-0.3, -0.25) is 9.59 Å². The Morgan fingerprint density at radius 3 is 2.71 bits per heavy atom. The molecule has 1 N–H and O–H groups in total. The minimum absolute atomic E-state index is 0.0504. The summed E-state index contributed by atoms with van der Waals surface area (Å²) in [5.74, 6) is 0.692. The van der Waals surface area contributed by atoms with Crippen LogP contribution in [-0.4, -0.2) is 38.8 Å². The SMILES string of the molecule is Cc1sc2nc(C(C)Sc3ccc(C(=O)N4CCCC4)cn3)[nH]c(=O)c2c1C. The number of aryl methyl sites for hydroxylation is 2. The first-order chi connectivity index (χ1) is 13.4. The van der Waals surface area contributed by atoms with E-state index in [-0.39, 0.29) is 16.7 Å². The molecule has 3 aromatic heterocycles. The number of carbonyl (C=O) groups excluding carboxylic acids is 1. The molecular weight excluding hydrogens is 392 g/mol. The summed E-state index contributed by atoms with van der Waals surface area (Å²) in [4.78, 5) is 40.7. The molecule has 6 nitrogen and oxygen atoms in total. The number of nitrogens with zero attached hydrogens (tertiary/aromatic N) is 3. The maximum absolute atomic E-state index is 12.5. The van der Waals surface area contributed by atoms with Gasteiger partial charge in [-0.25, -0.2) is 9.97 Å². The Hall–Kier alpha value is -2.19. The van der Waals surface area contributed by atoms with Crippen LogP contribution in [-0.2, 0) is 0 Å². The zero-order valence-electron chi connectivity index (χ0n) is 16.1. The van der Waals surface area contributed by atoms with E-state index in [9.17, 15) is 9.59 Å². The zero-order chi connectivity index (χ0) is 19.8. The van der Waals surface area contributed by atoms with Crippen molar-refractivity contribution >= 4 is 39.2 Å². The predicted octanol–water partition coefficient (Wildman–Crippen LogP) is 4.09. The predicted molar refractivity (Wildman–Crippen MR) is 113 cm³/mol. The molecule has 28 heavy (non-hydrogen) atoms. The van der Waals surface area contributed by atoms with Crippen molar-refractivity contribution in [2.24, 2.45) is 0 Å². The fourth-order valence-corrected chi connectivity index (χ4v) is 5.26. The lowest BCUT2D eigenvalue weighted by Gasteiger charge is -2.15. The number of hydrogen-bond donors (Lipinski definition) is 1. The van der Waals surface area contributed by atoms with Crippen LogP contribution in [0.4, 0.5) is 0 Å². The minimum Gasteiger partial charge on any atom is -0.339 e. The van der Waals surface area contributed by atoms with E-state index in [1.807, 2.05) is 37.8 Å². The normalized spacial score (nSPS) is 15.3.